The molecule has 0 aromatic carbocycles. The number of hydrogen-bond acceptors (Lipinski definition) is 17. The second-order valence-electron chi connectivity index (χ2n) is 16.3. The third kappa shape index (κ3) is 23.5. The van der Waals surface area contributed by atoms with Crippen molar-refractivity contribution in [2.45, 2.75) is 120 Å². The lowest BCUT2D eigenvalue weighted by Crippen LogP contribution is -2.60. The topological polar surface area (TPSA) is 503 Å². The molecule has 0 radical (unpaired) electrons. The smallest absolute Gasteiger partial charge is 0.352 e. The number of guanidine groups is 1. The number of unbranched alkanes of at least 4 members (excludes halogenated alkanes) is 2. The molecule has 29 heteroatoms. The molecule has 1 aromatic heterocycles. The van der Waals surface area contributed by atoms with E-state index in [1.165, 1.54) is 39.5 Å². The lowest BCUT2D eigenvalue weighted by atomic mass is 10.1. The van der Waals surface area contributed by atoms with Crippen molar-refractivity contribution < 1.29 is 53.4 Å². The number of aliphatic carboxylic acids is 1. The van der Waals surface area contributed by atoms with E-state index in [2.05, 4.69) is 52.2 Å². The van der Waals surface area contributed by atoms with E-state index in [1.807, 2.05) is 0 Å². The lowest BCUT2D eigenvalue weighted by molar-refractivity contribution is -0.137. The molecule has 398 valence electrons. The molecule has 29 nitrogen and oxygen atoms in total. The highest BCUT2D eigenvalue weighted by molar-refractivity contribution is 6.40. The number of carboxylic acids is 1. The number of imidazole rings is 1. The van der Waals surface area contributed by atoms with Gasteiger partial charge < -0.3 is 91.7 Å². The summed E-state index contributed by atoms with van der Waals surface area (Å²) in [5, 5.41) is 44.3. The SMILES string of the molecule is C[C@H](NC(=O)[C@@H](NC(=O)[C@@H](N)CCCCN)[C@@H](O)CN)C(=O)NCC(=O)/N=C(\CCCN)C(=O)N(C)[C@@H](C)C(=O)N[C@@H](Cc1cnc[nH]1)C(=O)N[C@@H](CCCCN)C(=O)N/C(=C\CCNC(=N)N)C(=O)O. The summed E-state index contributed by atoms with van der Waals surface area (Å²) >= 11 is 0. The van der Waals surface area contributed by atoms with Crippen LogP contribution in [0.3, 0.4) is 0 Å². The number of carbonyl (C=O) groups is 9. The molecule has 0 saturated carbocycles. The van der Waals surface area contributed by atoms with Crippen molar-refractivity contribution in [3.05, 3.63) is 30.0 Å². The molecule has 0 saturated heterocycles. The first kappa shape index (κ1) is 62.1. The van der Waals surface area contributed by atoms with Gasteiger partial charge in [0.15, 0.2) is 5.96 Å². The summed E-state index contributed by atoms with van der Waals surface area (Å²) in [5.41, 5.74) is 33.1. The van der Waals surface area contributed by atoms with Crippen molar-refractivity contribution in [2.24, 2.45) is 39.4 Å². The Hall–Kier alpha value is -6.92. The third-order valence-corrected chi connectivity index (χ3v) is 10.6. The first-order valence-corrected chi connectivity index (χ1v) is 23.0. The van der Waals surface area contributed by atoms with Crippen LogP contribution in [0, 0.1) is 5.41 Å². The van der Waals surface area contributed by atoms with Gasteiger partial charge in [0.1, 0.15) is 41.6 Å². The molecular weight excluding hydrogens is 933 g/mol. The number of hydrogen-bond donors (Lipinski definition) is 17. The van der Waals surface area contributed by atoms with Crippen molar-refractivity contribution >= 4 is 64.9 Å². The van der Waals surface area contributed by atoms with Crippen LogP contribution in [0.2, 0.25) is 0 Å². The van der Waals surface area contributed by atoms with Gasteiger partial charge in [-0.1, -0.05) is 12.5 Å². The predicted octanol–water partition coefficient (Wildman–Crippen LogP) is -6.56. The molecule has 7 atom stereocenters. The van der Waals surface area contributed by atoms with Gasteiger partial charge in [-0.2, -0.15) is 0 Å². The van der Waals surface area contributed by atoms with Gasteiger partial charge in [-0.05, 0) is 84.8 Å². The van der Waals surface area contributed by atoms with Gasteiger partial charge in [0.2, 0.25) is 35.4 Å². The number of aromatic nitrogens is 2. The van der Waals surface area contributed by atoms with E-state index in [4.69, 9.17) is 39.8 Å². The Kier molecular flexibility index (Phi) is 29.4. The van der Waals surface area contributed by atoms with E-state index in [0.717, 1.165) is 4.90 Å². The van der Waals surface area contributed by atoms with E-state index < -0.39 is 114 Å². The van der Waals surface area contributed by atoms with Gasteiger partial charge in [-0.15, -0.1) is 0 Å². The van der Waals surface area contributed by atoms with Crippen molar-refractivity contribution in [1.29, 1.82) is 5.41 Å². The summed E-state index contributed by atoms with van der Waals surface area (Å²) in [6.07, 6.45) is 4.59. The minimum absolute atomic E-state index is 0.0309. The highest BCUT2D eigenvalue weighted by Crippen LogP contribution is 2.09. The Labute approximate surface area is 411 Å². The van der Waals surface area contributed by atoms with Gasteiger partial charge in [-0.3, -0.25) is 43.8 Å². The molecule has 0 aliphatic rings. The highest BCUT2D eigenvalue weighted by Gasteiger charge is 2.34. The Bertz CT molecular complexity index is 2000. The third-order valence-electron chi connectivity index (χ3n) is 10.6. The maximum Gasteiger partial charge on any atom is 0.352 e. The van der Waals surface area contributed by atoms with Gasteiger partial charge in [0.25, 0.3) is 11.8 Å². The molecule has 0 spiro atoms. The number of aliphatic hydroxyl groups excluding tert-OH is 1. The van der Waals surface area contributed by atoms with E-state index in [-0.39, 0.29) is 69.8 Å². The molecule has 8 amide bonds. The molecule has 0 aliphatic carbocycles. The normalized spacial score (nSPS) is 14.5. The average Bonchev–Trinajstić information content (AvgIpc) is 3.85. The number of amides is 8. The lowest BCUT2D eigenvalue weighted by Gasteiger charge is -2.28. The second kappa shape index (κ2) is 33.6. The number of likely N-dealkylation sites (N-methyl/N-ethyl adjacent to an activating group) is 1. The van der Waals surface area contributed by atoms with Crippen molar-refractivity contribution in [3.63, 3.8) is 0 Å². The largest absolute Gasteiger partial charge is 0.477 e. The number of aromatic amines is 1. The number of aliphatic hydroxyl groups is 1. The summed E-state index contributed by atoms with van der Waals surface area (Å²) in [5.74, 6) is -8.84. The maximum atomic E-state index is 13.9. The number of H-pyrrole nitrogens is 1. The van der Waals surface area contributed by atoms with Gasteiger partial charge >= 0.3 is 5.97 Å². The quantitative estimate of drug-likeness (QED) is 0.0132. The number of nitrogens with zero attached hydrogens (tertiary/aromatic N) is 3. The van der Waals surface area contributed by atoms with E-state index in [0.29, 0.717) is 37.9 Å². The zero-order valence-electron chi connectivity index (χ0n) is 40.5. The van der Waals surface area contributed by atoms with Gasteiger partial charge in [0, 0.05) is 38.4 Å². The average molecular weight is 1010 g/mol. The van der Waals surface area contributed by atoms with Gasteiger partial charge in [-0.25, -0.2) is 14.8 Å². The predicted molar refractivity (Wildman–Crippen MR) is 259 cm³/mol. The first-order chi connectivity index (χ1) is 33.6. The minimum Gasteiger partial charge on any atom is -0.477 e. The molecule has 1 aromatic rings. The molecule has 23 N–H and O–H groups in total. The van der Waals surface area contributed by atoms with Crippen LogP contribution in [0.5, 0.6) is 0 Å². The minimum atomic E-state index is -1.58. The highest BCUT2D eigenvalue weighted by atomic mass is 16.4. The fourth-order valence-electron chi connectivity index (χ4n) is 6.27. The zero-order valence-corrected chi connectivity index (χ0v) is 40.5. The molecule has 1 heterocycles. The molecular formula is C42H74N18O11. The fraction of sp³-hybridized carbons (Fsp3) is 0.619. The molecule has 0 unspecified atom stereocenters. The van der Waals surface area contributed by atoms with Crippen LogP contribution in [0.1, 0.15) is 77.3 Å². The maximum absolute atomic E-state index is 13.9. The number of carbonyl (C=O) groups excluding carboxylic acids is 8. The van der Waals surface area contributed by atoms with E-state index >= 15 is 0 Å². The Morgan fingerprint density at radius 1 is 0.817 bits per heavy atom. The Balaban J connectivity index is 3.20. The van der Waals surface area contributed by atoms with Gasteiger partial charge in [0.05, 0.1) is 25.0 Å². The standard InChI is InChI=1S/C42H74N18O11/c1-23(54-39(68)33(31(61)19-46)59-36(65)26(47)10-4-6-14-43)34(63)52-21-32(62)55-28(12-8-16-45)40(69)60(3)24(2)35(64)58-30(18-25-20-50-22-53-25)38(67)56-27(11-5-7-15-44)37(66)57-29(41(70)71)13-9-17-51-42(48)49/h13,20,22-24,26-27,30-31,33,61H,4-12,14-19,21,43-47H2,1-3H3,(H,50,53)(H,52,63)(H,54,68)(H,56,67)(H,57,66)(H,58,64)(H,59,65)(H,70,71)(H4,48,49,51)/b29-13-,55-28+/t23-,24-,26-,27-,30-,31-,33-/m0/s1. The van der Waals surface area contributed by atoms with Crippen LogP contribution in [-0.2, 0) is 49.6 Å². The van der Waals surface area contributed by atoms with E-state index in [9.17, 15) is 53.4 Å². The van der Waals surface area contributed by atoms with Crippen LogP contribution in [0.15, 0.2) is 29.3 Å². The number of nitrogens with two attached hydrogens (primary N) is 6. The Morgan fingerprint density at radius 2 is 1.45 bits per heavy atom. The van der Waals surface area contributed by atoms with Crippen LogP contribution < -0.4 is 71.6 Å². The monoisotopic (exact) mass is 1010 g/mol. The number of nitrogens with one attached hydrogen (secondary N) is 9. The van der Waals surface area contributed by atoms with Crippen molar-refractivity contribution in [1.82, 2.24) is 52.1 Å². The second-order valence-corrected chi connectivity index (χ2v) is 16.3. The number of aliphatic imine (C=N–C) groups is 1. The van der Waals surface area contributed by atoms with Crippen LogP contribution in [0.4, 0.5) is 0 Å². The molecule has 1 rings (SSSR count). The molecule has 0 aliphatic heterocycles. The fourth-order valence-corrected chi connectivity index (χ4v) is 6.27. The molecule has 0 fully saturated rings. The Morgan fingerprint density at radius 3 is 2.03 bits per heavy atom. The van der Waals surface area contributed by atoms with Crippen molar-refractivity contribution in [2.75, 3.05) is 46.3 Å². The van der Waals surface area contributed by atoms with E-state index in [1.54, 1.807) is 0 Å². The van der Waals surface area contributed by atoms with Crippen LogP contribution in [0.25, 0.3) is 0 Å². The summed E-state index contributed by atoms with van der Waals surface area (Å²) in [7, 11) is 1.25. The summed E-state index contributed by atoms with van der Waals surface area (Å²) in [6, 6.07) is -7.91. The molecule has 0 bridgehead atoms. The van der Waals surface area contributed by atoms with Crippen LogP contribution in [-0.4, -0.2) is 179 Å². The van der Waals surface area contributed by atoms with Crippen LogP contribution >= 0.6 is 0 Å². The van der Waals surface area contributed by atoms with Crippen molar-refractivity contribution in [3.8, 4) is 0 Å². The summed E-state index contributed by atoms with van der Waals surface area (Å²) < 4.78 is 0. The molecule has 71 heavy (non-hydrogen) atoms. The zero-order chi connectivity index (χ0) is 53.6. The summed E-state index contributed by atoms with van der Waals surface area (Å²) in [6.45, 7) is 2.27. The number of rotatable bonds is 34. The summed E-state index contributed by atoms with van der Waals surface area (Å²) in [4.78, 5) is 130. The first-order valence-electron chi connectivity index (χ1n) is 23.0. The number of carboxylic acid groups (broad SMARTS) is 1.